The van der Waals surface area contributed by atoms with Crippen LogP contribution in [0, 0.1) is 11.8 Å². The molecule has 2 bridgehead atoms. The zero-order chi connectivity index (χ0) is 17.6. The summed E-state index contributed by atoms with van der Waals surface area (Å²) in [5, 5.41) is 7.46. The Morgan fingerprint density at radius 2 is 1.46 bits per heavy atom. The molecule has 0 aromatic heterocycles. The van der Waals surface area contributed by atoms with Gasteiger partial charge in [0.1, 0.15) is 0 Å². The molecule has 0 radical (unpaired) electrons. The standard InChI is InChI=1S/C24H32N2/c1-3-7-20(8-4-1)23(21-9-5-2-6-10-21)13-14-25-15-16-26-24-18-19-11-12-22(24)17-19/h1-10,19,22-26H,11-18H2/t19-,22+,24-/m0/s1. The van der Waals surface area contributed by atoms with E-state index < -0.39 is 0 Å². The van der Waals surface area contributed by atoms with Crippen molar-refractivity contribution in [2.45, 2.75) is 44.1 Å². The largest absolute Gasteiger partial charge is 0.315 e. The fourth-order valence-electron chi connectivity index (χ4n) is 5.11. The quantitative estimate of drug-likeness (QED) is 0.648. The van der Waals surface area contributed by atoms with E-state index in [1.807, 2.05) is 0 Å². The van der Waals surface area contributed by atoms with E-state index in [1.165, 1.54) is 36.8 Å². The maximum Gasteiger partial charge on any atom is 0.0101 e. The van der Waals surface area contributed by atoms with Crippen molar-refractivity contribution in [2.75, 3.05) is 19.6 Å². The van der Waals surface area contributed by atoms with Crippen LogP contribution < -0.4 is 10.6 Å². The van der Waals surface area contributed by atoms with Crippen LogP contribution in [0.4, 0.5) is 0 Å². The minimum atomic E-state index is 0.475. The minimum absolute atomic E-state index is 0.475. The monoisotopic (exact) mass is 348 g/mol. The molecule has 0 spiro atoms. The van der Waals surface area contributed by atoms with Gasteiger partial charge in [-0.25, -0.2) is 0 Å². The molecule has 2 fully saturated rings. The fourth-order valence-corrected chi connectivity index (χ4v) is 5.11. The number of nitrogens with one attached hydrogen (secondary N) is 2. The fraction of sp³-hybridized carbons (Fsp3) is 0.500. The summed E-state index contributed by atoms with van der Waals surface area (Å²) in [7, 11) is 0. The number of hydrogen-bond acceptors (Lipinski definition) is 2. The predicted molar refractivity (Wildman–Crippen MR) is 109 cm³/mol. The van der Waals surface area contributed by atoms with Crippen molar-refractivity contribution in [3.05, 3.63) is 71.8 Å². The molecule has 2 aromatic rings. The Morgan fingerprint density at radius 3 is 2.04 bits per heavy atom. The highest BCUT2D eigenvalue weighted by molar-refractivity contribution is 5.32. The molecule has 2 saturated carbocycles. The van der Waals surface area contributed by atoms with Crippen LogP contribution in [0.5, 0.6) is 0 Å². The van der Waals surface area contributed by atoms with Gasteiger partial charge in [-0.2, -0.15) is 0 Å². The average molecular weight is 349 g/mol. The summed E-state index contributed by atoms with van der Waals surface area (Å²) in [4.78, 5) is 0. The van der Waals surface area contributed by atoms with Gasteiger partial charge in [0.05, 0.1) is 0 Å². The van der Waals surface area contributed by atoms with Crippen LogP contribution in [0.15, 0.2) is 60.7 Å². The Balaban J connectivity index is 1.22. The van der Waals surface area contributed by atoms with Crippen molar-refractivity contribution < 1.29 is 0 Å². The minimum Gasteiger partial charge on any atom is -0.315 e. The maximum atomic E-state index is 3.80. The second-order valence-electron chi connectivity index (χ2n) is 8.15. The summed E-state index contributed by atoms with van der Waals surface area (Å²) in [6, 6.07) is 22.6. The van der Waals surface area contributed by atoms with Crippen LogP contribution in [-0.2, 0) is 0 Å². The summed E-state index contributed by atoms with van der Waals surface area (Å²) in [6.45, 7) is 3.24. The second kappa shape index (κ2) is 8.83. The van der Waals surface area contributed by atoms with E-state index in [9.17, 15) is 0 Å². The van der Waals surface area contributed by atoms with E-state index in [1.54, 1.807) is 0 Å². The highest BCUT2D eigenvalue weighted by Crippen LogP contribution is 2.44. The van der Waals surface area contributed by atoms with Crippen LogP contribution in [0.25, 0.3) is 0 Å². The highest BCUT2D eigenvalue weighted by atomic mass is 15.0. The van der Waals surface area contributed by atoms with E-state index in [0.717, 1.165) is 43.9 Å². The summed E-state index contributed by atoms with van der Waals surface area (Å²) >= 11 is 0. The molecule has 0 amide bonds. The van der Waals surface area contributed by atoms with Crippen LogP contribution in [0.2, 0.25) is 0 Å². The number of hydrogen-bond donors (Lipinski definition) is 2. The summed E-state index contributed by atoms with van der Waals surface area (Å²) < 4.78 is 0. The van der Waals surface area contributed by atoms with Crippen LogP contribution in [0.3, 0.4) is 0 Å². The van der Waals surface area contributed by atoms with Gasteiger partial charge in [0, 0.05) is 25.0 Å². The Hall–Kier alpha value is -1.64. The average Bonchev–Trinajstić information content (AvgIpc) is 3.32. The Morgan fingerprint density at radius 1 is 0.769 bits per heavy atom. The predicted octanol–water partition coefficient (Wildman–Crippen LogP) is 4.58. The van der Waals surface area contributed by atoms with E-state index in [-0.39, 0.29) is 0 Å². The van der Waals surface area contributed by atoms with Gasteiger partial charge in [-0.3, -0.25) is 0 Å². The van der Waals surface area contributed by atoms with Gasteiger partial charge in [0.25, 0.3) is 0 Å². The molecule has 2 heteroatoms. The first-order chi connectivity index (χ1) is 12.9. The van der Waals surface area contributed by atoms with Gasteiger partial charge < -0.3 is 10.6 Å². The lowest BCUT2D eigenvalue weighted by atomic mass is 9.88. The van der Waals surface area contributed by atoms with E-state index in [4.69, 9.17) is 0 Å². The normalized spacial score (nSPS) is 24.4. The topological polar surface area (TPSA) is 24.1 Å². The molecule has 4 rings (SSSR count). The molecule has 2 nitrogen and oxygen atoms in total. The van der Waals surface area contributed by atoms with Crippen molar-refractivity contribution in [3.63, 3.8) is 0 Å². The Bertz CT molecular complexity index is 615. The molecule has 2 aliphatic rings. The van der Waals surface area contributed by atoms with Crippen LogP contribution >= 0.6 is 0 Å². The van der Waals surface area contributed by atoms with E-state index >= 15 is 0 Å². The second-order valence-corrected chi connectivity index (χ2v) is 8.15. The van der Waals surface area contributed by atoms with Gasteiger partial charge in [-0.05, 0) is 55.2 Å². The highest BCUT2D eigenvalue weighted by Gasteiger charge is 2.38. The molecule has 0 aliphatic heterocycles. The molecule has 0 heterocycles. The molecule has 3 atom stereocenters. The number of fused-ring (bicyclic) bond motifs is 2. The smallest absolute Gasteiger partial charge is 0.0101 e. The molecule has 2 aromatic carbocycles. The van der Waals surface area contributed by atoms with Gasteiger partial charge in [0.2, 0.25) is 0 Å². The van der Waals surface area contributed by atoms with Crippen LogP contribution in [0.1, 0.15) is 49.1 Å². The third kappa shape index (κ3) is 4.36. The molecule has 2 N–H and O–H groups in total. The number of benzene rings is 2. The van der Waals surface area contributed by atoms with Gasteiger partial charge >= 0.3 is 0 Å². The first-order valence-electron chi connectivity index (χ1n) is 10.4. The zero-order valence-electron chi connectivity index (χ0n) is 15.7. The maximum absolute atomic E-state index is 3.80. The lowest BCUT2D eigenvalue weighted by Gasteiger charge is -2.23. The van der Waals surface area contributed by atoms with E-state index in [2.05, 4.69) is 71.3 Å². The SMILES string of the molecule is c1ccc(C(CCNCCN[C@H]2C[C@H]3CC[C@@H]2C3)c2ccccc2)cc1. The third-order valence-electron chi connectivity index (χ3n) is 6.46. The van der Waals surface area contributed by atoms with Gasteiger partial charge in [-0.15, -0.1) is 0 Å². The first kappa shape index (κ1) is 17.8. The van der Waals surface area contributed by atoms with Crippen molar-refractivity contribution in [1.82, 2.24) is 10.6 Å². The van der Waals surface area contributed by atoms with Crippen molar-refractivity contribution in [3.8, 4) is 0 Å². The van der Waals surface area contributed by atoms with Gasteiger partial charge in [-0.1, -0.05) is 67.1 Å². The van der Waals surface area contributed by atoms with Crippen LogP contribution in [-0.4, -0.2) is 25.7 Å². The lowest BCUT2D eigenvalue weighted by molar-refractivity contribution is 0.351. The molecule has 2 aliphatic carbocycles. The zero-order valence-corrected chi connectivity index (χ0v) is 15.7. The van der Waals surface area contributed by atoms with Gasteiger partial charge in [0.15, 0.2) is 0 Å². The van der Waals surface area contributed by atoms with Crippen molar-refractivity contribution in [2.24, 2.45) is 11.8 Å². The number of rotatable bonds is 9. The Kier molecular flexibility index (Phi) is 6.03. The molecular weight excluding hydrogens is 316 g/mol. The summed E-state index contributed by atoms with van der Waals surface area (Å²) in [6.07, 6.45) is 7.00. The third-order valence-corrected chi connectivity index (χ3v) is 6.46. The lowest BCUT2D eigenvalue weighted by Crippen LogP contribution is -2.38. The molecule has 0 unspecified atom stereocenters. The summed E-state index contributed by atoms with van der Waals surface area (Å²) in [5.74, 6) is 2.48. The summed E-state index contributed by atoms with van der Waals surface area (Å²) in [5.41, 5.74) is 2.83. The Labute approximate surface area is 158 Å². The molecular formula is C24H32N2. The van der Waals surface area contributed by atoms with E-state index in [0.29, 0.717) is 5.92 Å². The first-order valence-corrected chi connectivity index (χ1v) is 10.4. The van der Waals surface area contributed by atoms with Crippen molar-refractivity contribution >= 4 is 0 Å². The molecule has 0 saturated heterocycles. The van der Waals surface area contributed by atoms with Crippen molar-refractivity contribution in [1.29, 1.82) is 0 Å². The molecule has 26 heavy (non-hydrogen) atoms. The molecule has 138 valence electrons.